The summed E-state index contributed by atoms with van der Waals surface area (Å²) >= 11 is 0. The van der Waals surface area contributed by atoms with Crippen LogP contribution in [0.2, 0.25) is 0 Å². The Morgan fingerprint density at radius 2 is 1.68 bits per heavy atom. The molecule has 2 saturated heterocycles. The van der Waals surface area contributed by atoms with Gasteiger partial charge in [0.25, 0.3) is 5.91 Å². The second-order valence-corrected chi connectivity index (χ2v) is 17.7. The van der Waals surface area contributed by atoms with Crippen LogP contribution in [-0.2, 0) is 35.6 Å². The van der Waals surface area contributed by atoms with E-state index in [9.17, 15) is 27.6 Å². The summed E-state index contributed by atoms with van der Waals surface area (Å²) < 4.78 is 40.3. The molecule has 13 nitrogen and oxygen atoms in total. The zero-order valence-electron chi connectivity index (χ0n) is 30.7. The van der Waals surface area contributed by atoms with Crippen molar-refractivity contribution in [1.82, 2.24) is 25.2 Å². The Hall–Kier alpha value is -3.94. The predicted octanol–water partition coefficient (Wildman–Crippen LogP) is 4.20. The van der Waals surface area contributed by atoms with Gasteiger partial charge < -0.3 is 25.0 Å². The smallest absolute Gasteiger partial charge is 0.259 e. The van der Waals surface area contributed by atoms with Crippen LogP contribution >= 0.6 is 0 Å². The van der Waals surface area contributed by atoms with Crippen molar-refractivity contribution in [3.8, 4) is 11.6 Å². The van der Waals surface area contributed by atoms with Crippen molar-refractivity contribution in [2.45, 2.75) is 145 Å². The summed E-state index contributed by atoms with van der Waals surface area (Å²) in [5.41, 5.74) is -0.337. The summed E-state index contributed by atoms with van der Waals surface area (Å²) in [7, 11) is -2.18. The van der Waals surface area contributed by atoms with Gasteiger partial charge in [-0.2, -0.15) is 0 Å². The van der Waals surface area contributed by atoms with Crippen molar-refractivity contribution in [2.24, 2.45) is 5.92 Å². The highest BCUT2D eigenvalue weighted by atomic mass is 32.2. The van der Waals surface area contributed by atoms with Crippen molar-refractivity contribution >= 4 is 44.4 Å². The Morgan fingerprint density at radius 1 is 0.962 bits per heavy atom. The molecule has 5 atom stereocenters. The van der Waals surface area contributed by atoms with E-state index in [1.165, 1.54) is 4.90 Å². The van der Waals surface area contributed by atoms with Crippen molar-refractivity contribution in [1.29, 1.82) is 0 Å². The number of nitrogens with one attached hydrogen (secondary N) is 3. The number of hydrogen-bond donors (Lipinski definition) is 3. The van der Waals surface area contributed by atoms with E-state index < -0.39 is 50.8 Å². The lowest BCUT2D eigenvalue weighted by Gasteiger charge is -2.30. The molecule has 2 aromatic rings. The maximum atomic E-state index is 14.5. The van der Waals surface area contributed by atoms with Crippen LogP contribution in [0.15, 0.2) is 24.4 Å². The monoisotopic (exact) mass is 751 g/mol. The van der Waals surface area contributed by atoms with Gasteiger partial charge in [0.2, 0.25) is 33.6 Å². The summed E-state index contributed by atoms with van der Waals surface area (Å²) in [4.78, 5) is 62.0. The van der Waals surface area contributed by atoms with Gasteiger partial charge in [0, 0.05) is 24.4 Å². The molecule has 3 aliphatic heterocycles. The second kappa shape index (κ2) is 15.8. The number of methoxy groups -OCH3 is 1. The Labute approximate surface area is 311 Å². The molecule has 4 amide bonds. The number of fused-ring (bicyclic) bond motifs is 4. The third-order valence-corrected chi connectivity index (χ3v) is 13.7. The summed E-state index contributed by atoms with van der Waals surface area (Å²) in [6, 6.07) is 4.11. The maximum Gasteiger partial charge on any atom is 0.259 e. The van der Waals surface area contributed by atoms with Gasteiger partial charge in [-0.25, -0.2) is 13.4 Å². The van der Waals surface area contributed by atoms with E-state index in [0.717, 1.165) is 86.3 Å². The van der Waals surface area contributed by atoms with Crippen molar-refractivity contribution in [2.75, 3.05) is 13.7 Å². The molecule has 288 valence electrons. The van der Waals surface area contributed by atoms with Crippen LogP contribution in [0.1, 0.15) is 115 Å². The Morgan fingerprint density at radius 3 is 2.43 bits per heavy atom. The largest absolute Gasteiger partial charge is 0.496 e. The fraction of sp³-hybridized carbons (Fsp3) is 0.667. The molecule has 3 N–H and O–H groups in total. The number of sulfonamides is 1. The molecule has 5 bridgehead atoms. The first kappa shape index (κ1) is 37.4. The number of rotatable bonds is 4. The van der Waals surface area contributed by atoms with Crippen molar-refractivity contribution < 1.29 is 37.1 Å². The fourth-order valence-corrected chi connectivity index (χ4v) is 9.87. The number of aryl methyl sites for hydroxylation is 1. The molecule has 0 unspecified atom stereocenters. The number of carbonyl (C=O) groups excluding carboxylic acids is 4. The number of ether oxygens (including phenoxy) is 2. The highest BCUT2D eigenvalue weighted by Gasteiger charge is 2.62. The van der Waals surface area contributed by atoms with Crippen LogP contribution in [0.25, 0.3) is 10.8 Å². The lowest BCUT2D eigenvalue weighted by molar-refractivity contribution is -0.142. The number of aromatic nitrogens is 1. The van der Waals surface area contributed by atoms with Gasteiger partial charge >= 0.3 is 0 Å². The molecule has 1 aromatic heterocycles. The molecule has 4 fully saturated rings. The Balaban J connectivity index is 1.22. The molecule has 2 saturated carbocycles. The van der Waals surface area contributed by atoms with E-state index in [2.05, 4.69) is 26.4 Å². The highest BCUT2D eigenvalue weighted by molar-refractivity contribution is 7.91. The van der Waals surface area contributed by atoms with Gasteiger partial charge in [0.1, 0.15) is 29.5 Å². The molecule has 14 heteroatoms. The summed E-state index contributed by atoms with van der Waals surface area (Å²) in [6.45, 7) is 0.0725. The summed E-state index contributed by atoms with van der Waals surface area (Å²) in [6.07, 6.45) is 13.6. The van der Waals surface area contributed by atoms with Crippen LogP contribution in [0.4, 0.5) is 0 Å². The zero-order valence-corrected chi connectivity index (χ0v) is 31.5. The van der Waals surface area contributed by atoms with Crippen LogP contribution in [0.5, 0.6) is 11.6 Å². The molecular formula is C39H53N5O8S. The number of benzene rings is 1. The number of nitrogens with zero attached hydrogens (tertiary/aromatic N) is 2. The molecule has 2 aliphatic carbocycles. The summed E-state index contributed by atoms with van der Waals surface area (Å²) in [5, 5.41) is 7.09. The molecule has 4 heterocycles. The van der Waals surface area contributed by atoms with E-state index >= 15 is 0 Å². The number of pyridine rings is 1. The van der Waals surface area contributed by atoms with Gasteiger partial charge in [-0.15, -0.1) is 0 Å². The summed E-state index contributed by atoms with van der Waals surface area (Å²) in [5.74, 6) is -0.828. The lowest BCUT2D eigenvalue weighted by atomic mass is 10.0. The number of carbonyl (C=O) groups is 4. The van der Waals surface area contributed by atoms with E-state index in [0.29, 0.717) is 50.8 Å². The minimum atomic E-state index is -3.84. The molecule has 0 radical (unpaired) electrons. The van der Waals surface area contributed by atoms with Gasteiger partial charge in [-0.3, -0.25) is 23.9 Å². The lowest BCUT2D eigenvalue weighted by Crippen LogP contribution is -2.58. The van der Waals surface area contributed by atoms with Gasteiger partial charge in [-0.05, 0) is 86.4 Å². The minimum Gasteiger partial charge on any atom is -0.496 e. The highest BCUT2D eigenvalue weighted by Crippen LogP contribution is 2.48. The molecule has 1 aromatic carbocycles. The van der Waals surface area contributed by atoms with Gasteiger partial charge in [-0.1, -0.05) is 51.4 Å². The Kier molecular flexibility index (Phi) is 11.1. The number of hydrogen-bond acceptors (Lipinski definition) is 9. The fourth-order valence-electron chi connectivity index (χ4n) is 8.51. The van der Waals surface area contributed by atoms with Crippen LogP contribution in [-0.4, -0.2) is 84.6 Å². The quantitative estimate of drug-likeness (QED) is 0.414. The average molecular weight is 752 g/mol. The van der Waals surface area contributed by atoms with Crippen molar-refractivity contribution in [3.05, 3.63) is 30.0 Å². The SMILES string of the molecule is COc1cc2ccnc3c2cc1CCCCCCCC(=O)N[C@H]1CCCCCCC[C@H]2C[C@@]2(C(=O)NS(=O)(=O)C2CC2)NC(=O)[C@@H]2C[C@H](CN2C1=O)O3. The third-order valence-electron chi connectivity index (χ3n) is 11.8. The molecule has 7 rings (SSSR count). The second-order valence-electron chi connectivity index (χ2n) is 15.8. The predicted molar refractivity (Wildman–Crippen MR) is 198 cm³/mol. The Bertz CT molecular complexity index is 1830. The maximum absolute atomic E-state index is 14.5. The first-order valence-electron chi connectivity index (χ1n) is 19.7. The minimum absolute atomic E-state index is 0.0725. The van der Waals surface area contributed by atoms with Crippen LogP contribution in [0.3, 0.4) is 0 Å². The standard InChI is InChI=1S/C39H53N5O8S/c1-51-33-21-25-18-19-40-36-30(25)20-26(33)12-8-4-2-7-11-15-34(45)41-31-14-10-6-3-5-9-13-27-23-39(27,38(48)43-53(49,50)29-16-17-29)42-35(46)32-22-28(52-36)24-44(32)37(31)47/h18-21,27-29,31-32H,2-17,22-24H2,1H3,(H,41,45)(H,42,46)(H,43,48)/t27-,28+,31-,32-,39+/m0/s1. The van der Waals surface area contributed by atoms with E-state index in [1.54, 1.807) is 13.3 Å². The molecule has 5 aliphatic rings. The van der Waals surface area contributed by atoms with Crippen LogP contribution in [0, 0.1) is 5.92 Å². The zero-order chi connectivity index (χ0) is 37.2. The molecule has 53 heavy (non-hydrogen) atoms. The first-order chi connectivity index (χ1) is 25.6. The van der Waals surface area contributed by atoms with Gasteiger partial charge in [0.05, 0.1) is 18.9 Å². The van der Waals surface area contributed by atoms with E-state index in [-0.39, 0.29) is 30.7 Å². The topological polar surface area (TPSA) is 173 Å². The van der Waals surface area contributed by atoms with E-state index in [4.69, 9.17) is 9.47 Å². The molecule has 0 spiro atoms. The first-order valence-corrected chi connectivity index (χ1v) is 21.2. The number of amides is 4. The molecular weight excluding hydrogens is 699 g/mol. The average Bonchev–Trinajstić information content (AvgIpc) is 4.06. The third kappa shape index (κ3) is 8.42. The van der Waals surface area contributed by atoms with Crippen molar-refractivity contribution in [3.63, 3.8) is 0 Å². The van der Waals surface area contributed by atoms with Gasteiger partial charge in [0.15, 0.2) is 0 Å². The van der Waals surface area contributed by atoms with E-state index in [1.807, 2.05) is 12.1 Å². The normalized spacial score (nSPS) is 29.3. The van der Waals surface area contributed by atoms with Crippen LogP contribution < -0.4 is 24.8 Å².